The summed E-state index contributed by atoms with van der Waals surface area (Å²) in [6.07, 6.45) is -4.05. The Kier molecular flexibility index (Phi) is 10.9. The molecule has 5 heterocycles. The van der Waals surface area contributed by atoms with E-state index in [4.69, 9.17) is 18.9 Å². The van der Waals surface area contributed by atoms with Gasteiger partial charge in [-0.15, -0.1) is 11.3 Å². The highest BCUT2D eigenvalue weighted by atomic mass is 32.1. The van der Waals surface area contributed by atoms with Crippen molar-refractivity contribution in [3.63, 3.8) is 0 Å². The molecule has 0 saturated carbocycles. The molecule has 3 aliphatic heterocycles. The average Bonchev–Trinajstić information content (AvgIpc) is 3.63. The lowest BCUT2D eigenvalue weighted by atomic mass is 9.92. The number of halogens is 5. The van der Waals surface area contributed by atoms with Crippen LogP contribution in [-0.2, 0) is 20.4 Å². The second kappa shape index (κ2) is 15.3. The lowest BCUT2D eigenvalue weighted by molar-refractivity contribution is -0.137. The molecule has 0 radical (unpaired) electrons. The summed E-state index contributed by atoms with van der Waals surface area (Å²) >= 11 is 0.605. The minimum Gasteiger partial charge on any atom is -0.463 e. The van der Waals surface area contributed by atoms with Crippen LogP contribution in [0.2, 0.25) is 0 Å². The first kappa shape index (κ1) is 41.2. The van der Waals surface area contributed by atoms with Crippen LogP contribution < -0.4 is 15.0 Å². The van der Waals surface area contributed by atoms with Crippen LogP contribution >= 0.6 is 11.3 Å². The maximum absolute atomic E-state index is 17.4. The van der Waals surface area contributed by atoms with Gasteiger partial charge in [0.25, 0.3) is 0 Å². The Bertz CT molecular complexity index is 2300. The van der Waals surface area contributed by atoms with Crippen LogP contribution in [0.15, 0.2) is 18.2 Å². The molecule has 3 saturated heterocycles. The summed E-state index contributed by atoms with van der Waals surface area (Å²) < 4.78 is 101. The standard InChI is InChI=1S/C40H43F5N6O6S/c1-38(2,3)56-36(52)49-34-25(16-46)28-23(9-10-27(41)32(28)58-34)29-26(40(43,44)45)15-24-31(30(29)42)47-35(55-19-20-11-13-54-14-12-20)48-33(24)50-17-21-7-8-22(18-50)51(21)37(53)57-39(4,5)6/h9-10,15,20-22H,7-8,11-14,17-19H2,1-6H3,(H,49,52). The first-order valence-electron chi connectivity index (χ1n) is 19.0. The van der Waals surface area contributed by atoms with Crippen molar-refractivity contribution >= 4 is 55.3 Å². The van der Waals surface area contributed by atoms with E-state index in [1.165, 1.54) is 0 Å². The summed E-state index contributed by atoms with van der Waals surface area (Å²) in [7, 11) is 0. The van der Waals surface area contributed by atoms with E-state index in [-0.39, 0.29) is 75.6 Å². The molecule has 2 unspecified atom stereocenters. The van der Waals surface area contributed by atoms with Gasteiger partial charge >= 0.3 is 24.4 Å². The van der Waals surface area contributed by atoms with Crippen LogP contribution in [0, 0.1) is 28.9 Å². The molecule has 1 N–H and O–H groups in total. The molecule has 2 atom stereocenters. The number of nitriles is 1. The summed E-state index contributed by atoms with van der Waals surface area (Å²) in [6.45, 7) is 11.6. The van der Waals surface area contributed by atoms with Crippen LogP contribution in [-0.4, -0.2) is 83.3 Å². The molecule has 2 aromatic heterocycles. The van der Waals surface area contributed by atoms with Crippen molar-refractivity contribution in [3.05, 3.63) is 41.0 Å². The Hall–Kier alpha value is -5.02. The highest BCUT2D eigenvalue weighted by molar-refractivity contribution is 7.23. The normalized spacial score (nSPS) is 19.1. The fraction of sp³-hybridized carbons (Fsp3) is 0.525. The zero-order valence-corrected chi connectivity index (χ0v) is 33.6. The van der Waals surface area contributed by atoms with Gasteiger partial charge in [-0.05, 0) is 90.8 Å². The number of aromatic nitrogens is 2. The lowest BCUT2D eigenvalue weighted by Crippen LogP contribution is -2.57. The van der Waals surface area contributed by atoms with Gasteiger partial charge in [0, 0.05) is 42.6 Å². The number of carbonyl (C=O) groups excluding carboxylic acids is 2. The second-order valence-corrected chi connectivity index (χ2v) is 17.7. The smallest absolute Gasteiger partial charge is 0.417 e. The van der Waals surface area contributed by atoms with Crippen molar-refractivity contribution in [1.29, 1.82) is 5.26 Å². The highest BCUT2D eigenvalue weighted by Crippen LogP contribution is 2.49. The minimum atomic E-state index is -5.17. The quantitative estimate of drug-likeness (QED) is 0.187. The summed E-state index contributed by atoms with van der Waals surface area (Å²) in [5, 5.41) is 11.9. The van der Waals surface area contributed by atoms with Gasteiger partial charge in [-0.1, -0.05) is 6.07 Å². The number of hydrogen-bond acceptors (Lipinski definition) is 11. The SMILES string of the molecule is CC(C)(C)OC(=O)Nc1sc2c(F)ccc(-c3c(C(F)(F)F)cc4c(N5CC6CCC(C5)N6C(=O)OC(C)(C)C)nc(OCC5CCOCC5)nc4c3F)c2c1C#N. The number of hydrogen-bond donors (Lipinski definition) is 1. The molecule has 0 aliphatic carbocycles. The molecule has 18 heteroatoms. The molecular weight excluding hydrogens is 788 g/mol. The number of amides is 2. The Labute approximate surface area is 335 Å². The molecule has 310 valence electrons. The molecule has 3 fully saturated rings. The fourth-order valence-electron chi connectivity index (χ4n) is 7.75. The molecular formula is C40H43F5N6O6S. The Morgan fingerprint density at radius 3 is 2.24 bits per heavy atom. The predicted molar refractivity (Wildman–Crippen MR) is 206 cm³/mol. The number of carbonyl (C=O) groups is 2. The van der Waals surface area contributed by atoms with Crippen molar-refractivity contribution < 1.29 is 50.5 Å². The van der Waals surface area contributed by atoms with Gasteiger partial charge in [-0.25, -0.2) is 18.4 Å². The van der Waals surface area contributed by atoms with E-state index in [0.29, 0.717) is 50.2 Å². The number of thiophene rings is 1. The van der Waals surface area contributed by atoms with E-state index in [0.717, 1.165) is 18.2 Å². The van der Waals surface area contributed by atoms with E-state index >= 15 is 22.0 Å². The number of piperazine rings is 1. The minimum absolute atomic E-state index is 0.00925. The van der Waals surface area contributed by atoms with Gasteiger partial charge in [0.05, 0.1) is 34.5 Å². The highest BCUT2D eigenvalue weighted by Gasteiger charge is 2.46. The van der Waals surface area contributed by atoms with Gasteiger partial charge in [0.2, 0.25) is 0 Å². The van der Waals surface area contributed by atoms with Crippen molar-refractivity contribution in [3.8, 4) is 23.2 Å². The first-order chi connectivity index (χ1) is 27.2. The van der Waals surface area contributed by atoms with Crippen LogP contribution in [0.25, 0.3) is 32.1 Å². The van der Waals surface area contributed by atoms with E-state index in [2.05, 4.69) is 15.3 Å². The number of nitrogens with one attached hydrogen (secondary N) is 1. The zero-order valence-electron chi connectivity index (χ0n) is 32.8. The van der Waals surface area contributed by atoms with Crippen molar-refractivity contribution in [2.24, 2.45) is 5.92 Å². The van der Waals surface area contributed by atoms with Gasteiger partial charge in [0.1, 0.15) is 39.4 Å². The monoisotopic (exact) mass is 830 g/mol. The van der Waals surface area contributed by atoms with Crippen molar-refractivity contribution in [2.45, 2.75) is 96.7 Å². The molecule has 12 nitrogen and oxygen atoms in total. The van der Waals surface area contributed by atoms with Crippen LogP contribution in [0.4, 0.5) is 42.4 Å². The number of anilines is 2. The zero-order chi connectivity index (χ0) is 41.9. The number of alkyl halides is 3. The van der Waals surface area contributed by atoms with Gasteiger partial charge in [-0.3, -0.25) is 10.2 Å². The molecule has 58 heavy (non-hydrogen) atoms. The molecule has 3 aliphatic rings. The topological polar surface area (TPSA) is 139 Å². The maximum atomic E-state index is 17.4. The van der Waals surface area contributed by atoms with Gasteiger partial charge in [0.15, 0.2) is 5.82 Å². The summed E-state index contributed by atoms with van der Waals surface area (Å²) in [4.78, 5) is 38.3. The Balaban J connectivity index is 1.39. The third-order valence-corrected chi connectivity index (χ3v) is 11.3. The van der Waals surface area contributed by atoms with Crippen LogP contribution in [0.5, 0.6) is 6.01 Å². The van der Waals surface area contributed by atoms with Crippen molar-refractivity contribution in [1.82, 2.24) is 14.9 Å². The predicted octanol–water partition coefficient (Wildman–Crippen LogP) is 9.42. The molecule has 4 aromatic rings. The van der Waals surface area contributed by atoms with E-state index in [9.17, 15) is 14.9 Å². The third kappa shape index (κ3) is 8.28. The first-order valence-corrected chi connectivity index (χ1v) is 19.8. The van der Waals surface area contributed by atoms with Crippen LogP contribution in [0.1, 0.15) is 78.4 Å². The Morgan fingerprint density at radius 1 is 0.983 bits per heavy atom. The van der Waals surface area contributed by atoms with E-state index in [1.807, 2.05) is 6.07 Å². The maximum Gasteiger partial charge on any atom is 0.417 e. The fourth-order valence-corrected chi connectivity index (χ4v) is 8.82. The molecule has 7 rings (SSSR count). The molecule has 2 bridgehead atoms. The second-order valence-electron chi connectivity index (χ2n) is 16.7. The van der Waals surface area contributed by atoms with Gasteiger partial charge < -0.3 is 23.8 Å². The molecule has 2 amide bonds. The Morgan fingerprint density at radius 2 is 1.64 bits per heavy atom. The average molecular weight is 831 g/mol. The number of nitrogens with zero attached hydrogens (tertiary/aromatic N) is 5. The largest absolute Gasteiger partial charge is 0.463 e. The summed E-state index contributed by atoms with van der Waals surface area (Å²) in [5.74, 6) is -2.24. The molecule has 2 aromatic carbocycles. The summed E-state index contributed by atoms with van der Waals surface area (Å²) in [6, 6.07) is 3.48. The number of fused-ring (bicyclic) bond motifs is 4. The van der Waals surface area contributed by atoms with E-state index < -0.39 is 63.4 Å². The van der Waals surface area contributed by atoms with Gasteiger partial charge in [-0.2, -0.15) is 28.4 Å². The van der Waals surface area contributed by atoms with E-state index in [1.54, 1.807) is 51.3 Å². The van der Waals surface area contributed by atoms with Crippen molar-refractivity contribution in [2.75, 3.05) is 43.1 Å². The summed E-state index contributed by atoms with van der Waals surface area (Å²) in [5.41, 5.74) is -5.40. The number of ether oxygens (including phenoxy) is 4. The lowest BCUT2D eigenvalue weighted by Gasteiger charge is -2.42. The third-order valence-electron chi connectivity index (χ3n) is 10.2. The molecule has 0 spiro atoms. The number of benzene rings is 2. The van der Waals surface area contributed by atoms with Crippen LogP contribution in [0.3, 0.4) is 0 Å². The number of rotatable bonds is 6.